The molecular weight excluding hydrogens is 166 g/mol. The van der Waals surface area contributed by atoms with Crippen LogP contribution in [0.25, 0.3) is 0 Å². The van der Waals surface area contributed by atoms with Gasteiger partial charge in [0.25, 0.3) is 0 Å². The number of ether oxygens (including phenoxy) is 1. The Hall–Kier alpha value is -0.160. The monoisotopic (exact) mass is 185 g/mol. The molecule has 4 nitrogen and oxygen atoms in total. The highest BCUT2D eigenvalue weighted by molar-refractivity contribution is 4.79. The van der Waals surface area contributed by atoms with E-state index in [-0.39, 0.29) is 0 Å². The first kappa shape index (κ1) is 9.40. The highest BCUT2D eigenvalue weighted by Gasteiger charge is 2.26. The van der Waals surface area contributed by atoms with Crippen LogP contribution in [0.15, 0.2) is 0 Å². The zero-order valence-corrected chi connectivity index (χ0v) is 8.33. The van der Waals surface area contributed by atoms with E-state index >= 15 is 0 Å². The minimum absolute atomic E-state index is 0.683. The summed E-state index contributed by atoms with van der Waals surface area (Å²) in [5.74, 6) is 0. The number of rotatable bonds is 2. The number of nitrogens with zero attached hydrogens (tertiary/aromatic N) is 2. The van der Waals surface area contributed by atoms with Gasteiger partial charge in [0.1, 0.15) is 0 Å². The van der Waals surface area contributed by atoms with E-state index in [1.807, 2.05) is 7.05 Å². The highest BCUT2D eigenvalue weighted by Crippen LogP contribution is 2.12. The molecule has 0 aliphatic carbocycles. The van der Waals surface area contributed by atoms with E-state index in [0.717, 1.165) is 32.8 Å². The highest BCUT2D eigenvalue weighted by atomic mass is 16.5. The van der Waals surface area contributed by atoms with Crippen molar-refractivity contribution in [2.45, 2.75) is 12.5 Å². The van der Waals surface area contributed by atoms with E-state index in [1.54, 1.807) is 0 Å². The molecule has 76 valence electrons. The topological polar surface area (TPSA) is 27.7 Å². The molecule has 2 saturated heterocycles. The van der Waals surface area contributed by atoms with Gasteiger partial charge in [-0.3, -0.25) is 0 Å². The molecule has 1 N–H and O–H groups in total. The van der Waals surface area contributed by atoms with Crippen LogP contribution in [0.1, 0.15) is 6.42 Å². The summed E-state index contributed by atoms with van der Waals surface area (Å²) in [6.07, 6.45) is 1.27. The standard InChI is InChI=1S/C9H19N3O/c1-10-9-2-3-12(8-9)11-4-6-13-7-5-11/h9-10H,2-8H2,1H3. The van der Waals surface area contributed by atoms with Crippen LogP contribution >= 0.6 is 0 Å². The van der Waals surface area contributed by atoms with E-state index in [2.05, 4.69) is 15.3 Å². The summed E-state index contributed by atoms with van der Waals surface area (Å²) in [4.78, 5) is 0. The predicted octanol–water partition coefficient (Wildman–Crippen LogP) is -0.473. The fraction of sp³-hybridized carbons (Fsp3) is 1.00. The van der Waals surface area contributed by atoms with Gasteiger partial charge in [-0.25, -0.2) is 10.0 Å². The molecule has 2 fully saturated rings. The molecule has 0 aromatic carbocycles. The van der Waals surface area contributed by atoms with Crippen LogP contribution in [0.4, 0.5) is 0 Å². The smallest absolute Gasteiger partial charge is 0.0608 e. The summed E-state index contributed by atoms with van der Waals surface area (Å²) in [5.41, 5.74) is 0. The van der Waals surface area contributed by atoms with Gasteiger partial charge < -0.3 is 10.1 Å². The van der Waals surface area contributed by atoms with Crippen molar-refractivity contribution < 1.29 is 4.74 Å². The summed E-state index contributed by atoms with van der Waals surface area (Å²) in [6.45, 7) is 6.27. The maximum atomic E-state index is 5.33. The quantitative estimate of drug-likeness (QED) is 0.629. The van der Waals surface area contributed by atoms with Crippen molar-refractivity contribution in [1.29, 1.82) is 0 Å². The van der Waals surface area contributed by atoms with Crippen molar-refractivity contribution in [1.82, 2.24) is 15.3 Å². The number of morpholine rings is 1. The van der Waals surface area contributed by atoms with Crippen molar-refractivity contribution in [2.75, 3.05) is 46.4 Å². The summed E-state index contributed by atoms with van der Waals surface area (Å²) >= 11 is 0. The van der Waals surface area contributed by atoms with Crippen molar-refractivity contribution in [3.63, 3.8) is 0 Å². The number of hydrogen-bond donors (Lipinski definition) is 1. The van der Waals surface area contributed by atoms with Crippen LogP contribution in [0.5, 0.6) is 0 Å². The molecule has 0 radical (unpaired) electrons. The second-order valence-electron chi connectivity index (χ2n) is 3.75. The molecule has 0 aromatic heterocycles. The molecule has 2 rings (SSSR count). The lowest BCUT2D eigenvalue weighted by molar-refractivity contribution is -0.0781. The summed E-state index contributed by atoms with van der Waals surface area (Å²) < 4.78 is 5.33. The Balaban J connectivity index is 1.80. The van der Waals surface area contributed by atoms with Crippen LogP contribution in [0.2, 0.25) is 0 Å². The molecule has 4 heteroatoms. The lowest BCUT2D eigenvalue weighted by Gasteiger charge is -2.34. The largest absolute Gasteiger partial charge is 0.379 e. The molecule has 0 amide bonds. The molecule has 2 aliphatic heterocycles. The summed E-state index contributed by atoms with van der Waals surface area (Å²) in [6, 6.07) is 0.683. The molecule has 13 heavy (non-hydrogen) atoms. The molecule has 0 aromatic rings. The first-order valence-corrected chi connectivity index (χ1v) is 5.15. The van der Waals surface area contributed by atoms with Gasteiger partial charge >= 0.3 is 0 Å². The molecule has 1 unspecified atom stereocenters. The van der Waals surface area contributed by atoms with Gasteiger partial charge in [-0.1, -0.05) is 0 Å². The normalized spacial score (nSPS) is 32.5. The predicted molar refractivity (Wildman–Crippen MR) is 51.4 cm³/mol. The van der Waals surface area contributed by atoms with Crippen molar-refractivity contribution in [2.24, 2.45) is 0 Å². The Kier molecular flexibility index (Phi) is 3.16. The molecule has 1 atom stereocenters. The fourth-order valence-corrected chi connectivity index (χ4v) is 2.07. The maximum Gasteiger partial charge on any atom is 0.0608 e. The van der Waals surface area contributed by atoms with Crippen LogP contribution < -0.4 is 5.32 Å². The van der Waals surface area contributed by atoms with E-state index in [1.165, 1.54) is 13.0 Å². The van der Waals surface area contributed by atoms with Gasteiger partial charge in [0.2, 0.25) is 0 Å². The van der Waals surface area contributed by atoms with E-state index in [4.69, 9.17) is 4.74 Å². The summed E-state index contributed by atoms with van der Waals surface area (Å²) in [7, 11) is 2.05. The van der Waals surface area contributed by atoms with Crippen molar-refractivity contribution in [3.05, 3.63) is 0 Å². The van der Waals surface area contributed by atoms with E-state index in [0.29, 0.717) is 6.04 Å². The first-order chi connectivity index (χ1) is 6.40. The Morgan fingerprint density at radius 1 is 1.15 bits per heavy atom. The lowest BCUT2D eigenvalue weighted by atomic mass is 10.3. The first-order valence-electron chi connectivity index (χ1n) is 5.15. The Morgan fingerprint density at radius 2 is 1.92 bits per heavy atom. The fourth-order valence-electron chi connectivity index (χ4n) is 2.07. The van der Waals surface area contributed by atoms with Crippen molar-refractivity contribution in [3.8, 4) is 0 Å². The zero-order chi connectivity index (χ0) is 9.10. The van der Waals surface area contributed by atoms with Gasteiger partial charge in [0.05, 0.1) is 13.2 Å². The third-order valence-corrected chi connectivity index (χ3v) is 2.96. The second-order valence-corrected chi connectivity index (χ2v) is 3.75. The summed E-state index contributed by atoms with van der Waals surface area (Å²) in [5, 5.41) is 8.23. The number of hydrogen-bond acceptors (Lipinski definition) is 4. The third kappa shape index (κ3) is 2.20. The molecule has 2 heterocycles. The minimum atomic E-state index is 0.683. The molecule has 0 bridgehead atoms. The number of nitrogens with one attached hydrogen (secondary N) is 1. The second kappa shape index (κ2) is 4.37. The van der Waals surface area contributed by atoms with Gasteiger partial charge in [0, 0.05) is 32.2 Å². The molecular formula is C9H19N3O. The Labute approximate surface area is 79.8 Å². The zero-order valence-electron chi connectivity index (χ0n) is 8.33. The van der Waals surface area contributed by atoms with Crippen LogP contribution in [0.3, 0.4) is 0 Å². The average Bonchev–Trinajstić information content (AvgIpc) is 2.67. The Bertz CT molecular complexity index is 159. The third-order valence-electron chi connectivity index (χ3n) is 2.96. The number of hydrazine groups is 1. The van der Waals surface area contributed by atoms with E-state index in [9.17, 15) is 0 Å². The van der Waals surface area contributed by atoms with Crippen LogP contribution in [-0.4, -0.2) is 62.5 Å². The van der Waals surface area contributed by atoms with E-state index < -0.39 is 0 Å². The lowest BCUT2D eigenvalue weighted by Crippen LogP contribution is -2.48. The Morgan fingerprint density at radius 3 is 2.54 bits per heavy atom. The maximum absolute atomic E-state index is 5.33. The van der Waals surface area contributed by atoms with Gasteiger partial charge in [-0.15, -0.1) is 0 Å². The average molecular weight is 185 g/mol. The minimum Gasteiger partial charge on any atom is -0.379 e. The molecule has 0 saturated carbocycles. The SMILES string of the molecule is CNC1CCN(N2CCOCC2)C1. The number of likely N-dealkylation sites (N-methyl/N-ethyl adjacent to an activating group) is 1. The van der Waals surface area contributed by atoms with Crippen LogP contribution in [0, 0.1) is 0 Å². The molecule has 0 spiro atoms. The van der Waals surface area contributed by atoms with Gasteiger partial charge in [0.15, 0.2) is 0 Å². The van der Waals surface area contributed by atoms with Crippen molar-refractivity contribution >= 4 is 0 Å². The van der Waals surface area contributed by atoms with Gasteiger partial charge in [-0.05, 0) is 13.5 Å². The van der Waals surface area contributed by atoms with Gasteiger partial charge in [-0.2, -0.15) is 0 Å². The molecule has 2 aliphatic rings. The van der Waals surface area contributed by atoms with Crippen LogP contribution in [-0.2, 0) is 4.74 Å².